The van der Waals surface area contributed by atoms with Crippen LogP contribution in [0.3, 0.4) is 0 Å². The normalized spacial score (nSPS) is 22.9. The minimum Gasteiger partial charge on any atom is -0.481 e. The maximum Gasteiger partial charge on any atom is 0.308 e. The largest absolute Gasteiger partial charge is 0.481 e. The van der Waals surface area contributed by atoms with Crippen molar-refractivity contribution in [2.75, 3.05) is 0 Å². The fourth-order valence-corrected chi connectivity index (χ4v) is 2.67. The third kappa shape index (κ3) is 3.35. The maximum atomic E-state index is 13.6. The van der Waals surface area contributed by atoms with E-state index in [9.17, 15) is 19.1 Å². The molecule has 1 aromatic carbocycles. The van der Waals surface area contributed by atoms with E-state index in [0.717, 1.165) is 19.3 Å². The summed E-state index contributed by atoms with van der Waals surface area (Å²) in [6, 6.07) is 5.29. The Balaban J connectivity index is 2.12. The summed E-state index contributed by atoms with van der Waals surface area (Å²) in [5.41, 5.74) is -0.0408. The van der Waals surface area contributed by atoms with E-state index < -0.39 is 29.7 Å². The Morgan fingerprint density at radius 1 is 1.15 bits per heavy atom. The lowest BCUT2D eigenvalue weighted by atomic mass is 9.94. The molecule has 1 fully saturated rings. The van der Waals surface area contributed by atoms with Crippen LogP contribution in [0.15, 0.2) is 24.3 Å². The highest BCUT2D eigenvalue weighted by Crippen LogP contribution is 2.24. The number of hydrogen-bond donors (Lipinski definition) is 2. The second-order valence-corrected chi connectivity index (χ2v) is 5.14. The molecule has 2 N–H and O–H groups in total. The van der Waals surface area contributed by atoms with E-state index in [0.29, 0.717) is 12.8 Å². The lowest BCUT2D eigenvalue weighted by molar-refractivity contribution is -0.142. The van der Waals surface area contributed by atoms with Gasteiger partial charge in [-0.2, -0.15) is 0 Å². The van der Waals surface area contributed by atoms with Crippen molar-refractivity contribution in [3.05, 3.63) is 35.6 Å². The van der Waals surface area contributed by atoms with E-state index in [2.05, 4.69) is 5.32 Å². The van der Waals surface area contributed by atoms with Gasteiger partial charge in [0.2, 0.25) is 0 Å². The zero-order valence-electron chi connectivity index (χ0n) is 11.1. The molecule has 0 spiro atoms. The van der Waals surface area contributed by atoms with Crippen molar-refractivity contribution >= 4 is 11.9 Å². The number of aliphatic carboxylic acids is 1. The molecule has 0 aliphatic heterocycles. The molecule has 2 rings (SSSR count). The Morgan fingerprint density at radius 3 is 2.55 bits per heavy atom. The van der Waals surface area contributed by atoms with Crippen LogP contribution >= 0.6 is 0 Å². The predicted molar refractivity (Wildman–Crippen MR) is 71.9 cm³/mol. The molecule has 0 saturated heterocycles. The first kappa shape index (κ1) is 14.5. The molecule has 5 heteroatoms. The molecule has 2 atom stereocenters. The first-order valence-electron chi connectivity index (χ1n) is 6.88. The fourth-order valence-electron chi connectivity index (χ4n) is 2.67. The van der Waals surface area contributed by atoms with Gasteiger partial charge in [0.05, 0.1) is 11.5 Å². The van der Waals surface area contributed by atoms with E-state index in [1.54, 1.807) is 6.07 Å². The standard InChI is InChI=1S/C15H18FNO3/c16-12-8-5-4-6-10(12)14(18)17-13-9-3-1-2-7-11(13)15(19)20/h4-6,8,11,13H,1-3,7,9H2,(H,17,18)(H,19,20). The first-order chi connectivity index (χ1) is 9.59. The summed E-state index contributed by atoms with van der Waals surface area (Å²) < 4.78 is 13.6. The van der Waals surface area contributed by atoms with Crippen molar-refractivity contribution in [3.8, 4) is 0 Å². The molecule has 1 aromatic rings. The lowest BCUT2D eigenvalue weighted by Crippen LogP contribution is -2.43. The van der Waals surface area contributed by atoms with Crippen molar-refractivity contribution in [1.29, 1.82) is 0 Å². The predicted octanol–water partition coefficient (Wildman–Crippen LogP) is 2.59. The summed E-state index contributed by atoms with van der Waals surface area (Å²) in [4.78, 5) is 23.3. The highest BCUT2D eigenvalue weighted by atomic mass is 19.1. The van der Waals surface area contributed by atoms with E-state index in [1.807, 2.05) is 0 Å². The summed E-state index contributed by atoms with van der Waals surface area (Å²) >= 11 is 0. The number of carboxylic acid groups (broad SMARTS) is 1. The molecule has 20 heavy (non-hydrogen) atoms. The van der Waals surface area contributed by atoms with Gasteiger partial charge in [-0.25, -0.2) is 4.39 Å². The molecule has 1 aliphatic carbocycles. The van der Waals surface area contributed by atoms with Crippen LogP contribution in [0, 0.1) is 11.7 Å². The number of rotatable bonds is 3. The molecular formula is C15H18FNO3. The summed E-state index contributed by atoms with van der Waals surface area (Å²) in [5.74, 6) is -2.62. The van der Waals surface area contributed by atoms with Crippen molar-refractivity contribution < 1.29 is 19.1 Å². The summed E-state index contributed by atoms with van der Waals surface area (Å²) in [7, 11) is 0. The minimum absolute atomic E-state index is 0.0408. The summed E-state index contributed by atoms with van der Waals surface area (Å²) in [6.07, 6.45) is 3.87. The molecule has 4 nitrogen and oxygen atoms in total. The maximum absolute atomic E-state index is 13.6. The van der Waals surface area contributed by atoms with Crippen LogP contribution in [0.5, 0.6) is 0 Å². The Labute approximate surface area is 117 Å². The van der Waals surface area contributed by atoms with Gasteiger partial charge in [-0.1, -0.05) is 31.4 Å². The van der Waals surface area contributed by atoms with Crippen molar-refractivity contribution in [1.82, 2.24) is 5.32 Å². The van der Waals surface area contributed by atoms with E-state index >= 15 is 0 Å². The van der Waals surface area contributed by atoms with Gasteiger partial charge in [0.15, 0.2) is 0 Å². The van der Waals surface area contributed by atoms with Gasteiger partial charge in [-0.3, -0.25) is 9.59 Å². The van der Waals surface area contributed by atoms with Gasteiger partial charge in [0.1, 0.15) is 5.82 Å². The number of carbonyl (C=O) groups is 2. The number of benzene rings is 1. The lowest BCUT2D eigenvalue weighted by Gasteiger charge is -2.23. The van der Waals surface area contributed by atoms with Crippen LogP contribution in [0.25, 0.3) is 0 Å². The van der Waals surface area contributed by atoms with E-state index in [4.69, 9.17) is 0 Å². The quantitative estimate of drug-likeness (QED) is 0.836. The highest BCUT2D eigenvalue weighted by molar-refractivity contribution is 5.94. The number of amides is 1. The van der Waals surface area contributed by atoms with E-state index in [-0.39, 0.29) is 5.56 Å². The van der Waals surface area contributed by atoms with Gasteiger partial charge < -0.3 is 10.4 Å². The molecule has 2 unspecified atom stereocenters. The van der Waals surface area contributed by atoms with Crippen LogP contribution in [-0.2, 0) is 4.79 Å². The topological polar surface area (TPSA) is 66.4 Å². The number of carboxylic acids is 1. The number of carbonyl (C=O) groups excluding carboxylic acids is 1. The number of nitrogens with one attached hydrogen (secondary N) is 1. The van der Waals surface area contributed by atoms with Gasteiger partial charge in [-0.15, -0.1) is 0 Å². The van der Waals surface area contributed by atoms with Crippen LogP contribution < -0.4 is 5.32 Å². The molecule has 1 aliphatic rings. The molecule has 0 bridgehead atoms. The molecule has 0 heterocycles. The second kappa shape index (κ2) is 6.50. The van der Waals surface area contributed by atoms with Crippen molar-refractivity contribution in [2.45, 2.75) is 38.1 Å². The second-order valence-electron chi connectivity index (χ2n) is 5.14. The third-order valence-corrected chi connectivity index (χ3v) is 3.77. The Morgan fingerprint density at radius 2 is 1.85 bits per heavy atom. The first-order valence-corrected chi connectivity index (χ1v) is 6.88. The number of halogens is 1. The van der Waals surface area contributed by atoms with Gasteiger partial charge in [-0.05, 0) is 25.0 Å². The molecule has 108 valence electrons. The monoisotopic (exact) mass is 279 g/mol. The molecular weight excluding hydrogens is 261 g/mol. The van der Waals surface area contributed by atoms with Gasteiger partial charge >= 0.3 is 5.97 Å². The van der Waals surface area contributed by atoms with Crippen molar-refractivity contribution in [3.63, 3.8) is 0 Å². The molecule has 1 amide bonds. The Hall–Kier alpha value is -1.91. The zero-order chi connectivity index (χ0) is 14.5. The average molecular weight is 279 g/mol. The summed E-state index contributed by atoms with van der Waals surface area (Å²) in [5, 5.41) is 11.9. The highest BCUT2D eigenvalue weighted by Gasteiger charge is 2.31. The van der Waals surface area contributed by atoms with Gasteiger partial charge in [0.25, 0.3) is 5.91 Å². The van der Waals surface area contributed by atoms with Crippen LogP contribution in [0.2, 0.25) is 0 Å². The molecule has 0 radical (unpaired) electrons. The molecule has 1 saturated carbocycles. The fraction of sp³-hybridized carbons (Fsp3) is 0.467. The Bertz CT molecular complexity index is 504. The van der Waals surface area contributed by atoms with Crippen LogP contribution in [-0.4, -0.2) is 23.0 Å². The van der Waals surface area contributed by atoms with Gasteiger partial charge in [0, 0.05) is 6.04 Å². The van der Waals surface area contributed by atoms with Crippen LogP contribution in [0.1, 0.15) is 42.5 Å². The zero-order valence-corrected chi connectivity index (χ0v) is 11.1. The summed E-state index contributed by atoms with van der Waals surface area (Å²) in [6.45, 7) is 0. The minimum atomic E-state index is -0.897. The van der Waals surface area contributed by atoms with E-state index in [1.165, 1.54) is 18.2 Å². The molecule has 0 aromatic heterocycles. The average Bonchev–Trinajstić information content (AvgIpc) is 2.64. The van der Waals surface area contributed by atoms with Crippen LogP contribution in [0.4, 0.5) is 4.39 Å². The Kier molecular flexibility index (Phi) is 4.71. The van der Waals surface area contributed by atoms with Crippen molar-refractivity contribution in [2.24, 2.45) is 5.92 Å². The SMILES string of the molecule is O=C(NC1CCCCCC1C(=O)O)c1ccccc1F. The smallest absolute Gasteiger partial charge is 0.308 e. The third-order valence-electron chi connectivity index (χ3n) is 3.77. The number of hydrogen-bond acceptors (Lipinski definition) is 2.